The van der Waals surface area contributed by atoms with Crippen molar-refractivity contribution in [2.24, 2.45) is 5.84 Å². The standard InChI is InChI=1S/C15H13BrClFN2S/c16-10-6-5-9(14(18)13(10)17)15(20-19)12-7-8-3-1-2-4-11(8)21-12/h1-6,12,15,20H,7,19H2. The SMILES string of the molecule is NNC(c1ccc(Br)c(Cl)c1F)C1Cc2ccccc2S1. The molecular formula is C15H13BrClFN2S. The first-order chi connectivity index (χ1) is 10.1. The second-order valence-electron chi connectivity index (χ2n) is 4.88. The number of hydrogen-bond acceptors (Lipinski definition) is 3. The first kappa shape index (κ1) is 15.3. The molecule has 21 heavy (non-hydrogen) atoms. The predicted octanol–water partition coefficient (Wildman–Crippen LogP) is 4.46. The Morgan fingerprint density at radius 2 is 2.10 bits per heavy atom. The van der Waals surface area contributed by atoms with Crippen LogP contribution in [-0.2, 0) is 6.42 Å². The second-order valence-corrected chi connectivity index (χ2v) is 7.39. The van der Waals surface area contributed by atoms with Crippen LogP contribution in [0.15, 0.2) is 45.8 Å². The number of fused-ring (bicyclic) bond motifs is 1. The first-order valence-electron chi connectivity index (χ1n) is 6.46. The number of nitrogens with two attached hydrogens (primary N) is 1. The molecule has 1 aliphatic rings. The monoisotopic (exact) mass is 386 g/mol. The van der Waals surface area contributed by atoms with E-state index >= 15 is 0 Å². The normalized spacial score (nSPS) is 18.6. The molecule has 3 rings (SSSR count). The van der Waals surface area contributed by atoms with Gasteiger partial charge in [0, 0.05) is 20.2 Å². The highest BCUT2D eigenvalue weighted by Crippen LogP contribution is 2.43. The number of hydrogen-bond donors (Lipinski definition) is 2. The van der Waals surface area contributed by atoms with Crippen LogP contribution in [-0.4, -0.2) is 5.25 Å². The van der Waals surface area contributed by atoms with Crippen molar-refractivity contribution in [2.45, 2.75) is 22.6 Å². The van der Waals surface area contributed by atoms with E-state index in [4.69, 9.17) is 17.4 Å². The fraction of sp³-hybridized carbons (Fsp3) is 0.200. The lowest BCUT2D eigenvalue weighted by atomic mass is 9.99. The van der Waals surface area contributed by atoms with Gasteiger partial charge in [-0.15, -0.1) is 11.8 Å². The summed E-state index contributed by atoms with van der Waals surface area (Å²) in [7, 11) is 0. The summed E-state index contributed by atoms with van der Waals surface area (Å²) in [5.41, 5.74) is 4.52. The van der Waals surface area contributed by atoms with Crippen molar-refractivity contribution in [1.82, 2.24) is 5.43 Å². The van der Waals surface area contributed by atoms with Gasteiger partial charge in [-0.05, 0) is 40.0 Å². The lowest BCUT2D eigenvalue weighted by Gasteiger charge is -2.23. The highest BCUT2D eigenvalue weighted by Gasteiger charge is 2.32. The highest BCUT2D eigenvalue weighted by molar-refractivity contribution is 9.10. The summed E-state index contributed by atoms with van der Waals surface area (Å²) < 4.78 is 15.0. The van der Waals surface area contributed by atoms with Crippen LogP contribution in [0.3, 0.4) is 0 Å². The van der Waals surface area contributed by atoms with Crippen LogP contribution in [0.4, 0.5) is 4.39 Å². The van der Waals surface area contributed by atoms with Gasteiger partial charge >= 0.3 is 0 Å². The molecule has 2 aromatic rings. The molecule has 0 amide bonds. The zero-order valence-corrected chi connectivity index (χ0v) is 14.1. The van der Waals surface area contributed by atoms with Crippen LogP contribution in [0.2, 0.25) is 5.02 Å². The number of rotatable bonds is 3. The predicted molar refractivity (Wildman–Crippen MR) is 89.0 cm³/mol. The number of halogens is 3. The zero-order chi connectivity index (χ0) is 15.0. The fourth-order valence-electron chi connectivity index (χ4n) is 2.57. The van der Waals surface area contributed by atoms with E-state index in [2.05, 4.69) is 33.5 Å². The van der Waals surface area contributed by atoms with Gasteiger partial charge in [-0.25, -0.2) is 4.39 Å². The lowest BCUT2D eigenvalue weighted by Crippen LogP contribution is -2.35. The highest BCUT2D eigenvalue weighted by atomic mass is 79.9. The smallest absolute Gasteiger partial charge is 0.147 e. The second kappa shape index (κ2) is 6.26. The van der Waals surface area contributed by atoms with Gasteiger partial charge in [0.1, 0.15) is 5.82 Å². The minimum atomic E-state index is -0.425. The Hall–Kier alpha value is -0.590. The molecule has 6 heteroatoms. The molecule has 0 fully saturated rings. The third-order valence-corrected chi connectivity index (χ3v) is 6.28. The van der Waals surface area contributed by atoms with Gasteiger partial charge in [-0.1, -0.05) is 35.9 Å². The van der Waals surface area contributed by atoms with Gasteiger partial charge < -0.3 is 0 Å². The molecule has 2 aromatic carbocycles. The molecule has 0 bridgehead atoms. The Kier molecular flexibility index (Phi) is 4.57. The van der Waals surface area contributed by atoms with Gasteiger partial charge in [0.2, 0.25) is 0 Å². The topological polar surface area (TPSA) is 38.0 Å². The summed E-state index contributed by atoms with van der Waals surface area (Å²) in [6.07, 6.45) is 0.850. The van der Waals surface area contributed by atoms with Crippen LogP contribution in [0, 0.1) is 5.82 Å². The average Bonchev–Trinajstić information content (AvgIpc) is 2.91. The molecule has 0 saturated heterocycles. The van der Waals surface area contributed by atoms with Crippen molar-refractivity contribution in [3.05, 3.63) is 62.8 Å². The van der Waals surface area contributed by atoms with Crippen LogP contribution >= 0.6 is 39.3 Å². The first-order valence-corrected chi connectivity index (χ1v) is 8.51. The molecule has 0 saturated carbocycles. The van der Waals surface area contributed by atoms with E-state index in [9.17, 15) is 4.39 Å². The Balaban J connectivity index is 1.93. The number of benzene rings is 2. The molecule has 2 atom stereocenters. The summed E-state index contributed by atoms with van der Waals surface area (Å²) in [5, 5.41) is 0.229. The maximum atomic E-state index is 14.4. The largest absolute Gasteiger partial charge is 0.271 e. The maximum absolute atomic E-state index is 14.4. The Labute approximate surface area is 140 Å². The van der Waals surface area contributed by atoms with E-state index in [1.807, 2.05) is 12.1 Å². The van der Waals surface area contributed by atoms with Crippen LogP contribution in [0.25, 0.3) is 0 Å². The van der Waals surface area contributed by atoms with E-state index < -0.39 is 5.82 Å². The van der Waals surface area contributed by atoms with E-state index in [0.29, 0.717) is 10.0 Å². The van der Waals surface area contributed by atoms with Crippen LogP contribution in [0.1, 0.15) is 17.2 Å². The summed E-state index contributed by atoms with van der Waals surface area (Å²) in [6.45, 7) is 0. The van der Waals surface area contributed by atoms with Crippen molar-refractivity contribution in [1.29, 1.82) is 0 Å². The van der Waals surface area contributed by atoms with Gasteiger partial charge in [0.05, 0.1) is 11.1 Å². The average molecular weight is 388 g/mol. The van der Waals surface area contributed by atoms with Crippen molar-refractivity contribution in [2.75, 3.05) is 0 Å². The van der Waals surface area contributed by atoms with Gasteiger partial charge in [0.25, 0.3) is 0 Å². The number of nitrogens with one attached hydrogen (secondary N) is 1. The minimum absolute atomic E-state index is 0.0910. The van der Waals surface area contributed by atoms with Crippen molar-refractivity contribution < 1.29 is 4.39 Å². The molecule has 110 valence electrons. The molecule has 0 spiro atoms. The molecule has 2 unspecified atom stereocenters. The summed E-state index contributed by atoms with van der Waals surface area (Å²) in [5.74, 6) is 5.27. The Morgan fingerprint density at radius 3 is 2.81 bits per heavy atom. The maximum Gasteiger partial charge on any atom is 0.147 e. The van der Waals surface area contributed by atoms with Gasteiger partial charge in [0.15, 0.2) is 0 Å². The summed E-state index contributed by atoms with van der Waals surface area (Å²) in [4.78, 5) is 1.23. The third kappa shape index (κ3) is 2.85. The molecule has 0 aromatic heterocycles. The molecule has 0 radical (unpaired) electrons. The van der Waals surface area contributed by atoms with Gasteiger partial charge in [-0.3, -0.25) is 11.3 Å². The zero-order valence-electron chi connectivity index (χ0n) is 10.9. The van der Waals surface area contributed by atoms with E-state index in [-0.39, 0.29) is 16.3 Å². The molecular weight excluding hydrogens is 375 g/mol. The lowest BCUT2D eigenvalue weighted by molar-refractivity contribution is 0.498. The summed E-state index contributed by atoms with van der Waals surface area (Å²) >= 11 is 10.9. The number of hydrazine groups is 1. The number of thioether (sulfide) groups is 1. The van der Waals surface area contributed by atoms with Crippen molar-refractivity contribution in [3.8, 4) is 0 Å². The van der Waals surface area contributed by atoms with E-state index in [1.54, 1.807) is 23.9 Å². The molecule has 3 N–H and O–H groups in total. The summed E-state index contributed by atoms with van der Waals surface area (Å²) in [6, 6.07) is 11.4. The molecule has 0 aliphatic carbocycles. The van der Waals surface area contributed by atoms with Crippen LogP contribution < -0.4 is 11.3 Å². The van der Waals surface area contributed by atoms with Crippen molar-refractivity contribution in [3.63, 3.8) is 0 Å². The fourth-order valence-corrected chi connectivity index (χ4v) is 4.46. The Morgan fingerprint density at radius 1 is 1.33 bits per heavy atom. The molecule has 2 nitrogen and oxygen atoms in total. The van der Waals surface area contributed by atoms with Crippen LogP contribution in [0.5, 0.6) is 0 Å². The molecule has 1 heterocycles. The van der Waals surface area contributed by atoms with Crippen molar-refractivity contribution >= 4 is 39.3 Å². The van der Waals surface area contributed by atoms with E-state index in [0.717, 1.165) is 6.42 Å². The molecule has 1 aliphatic heterocycles. The van der Waals surface area contributed by atoms with Gasteiger partial charge in [-0.2, -0.15) is 0 Å². The Bertz CT molecular complexity index is 658. The van der Waals surface area contributed by atoms with E-state index in [1.165, 1.54) is 10.5 Å². The quantitative estimate of drug-likeness (QED) is 0.464. The minimum Gasteiger partial charge on any atom is -0.271 e. The third-order valence-electron chi connectivity index (χ3n) is 3.62.